The average molecular weight is 296 g/mol. The molecule has 1 aromatic rings. The van der Waals surface area contributed by atoms with Crippen LogP contribution < -0.4 is 10.1 Å². The van der Waals surface area contributed by atoms with Crippen molar-refractivity contribution in [2.75, 3.05) is 7.11 Å². The number of hydrogen-bond donors (Lipinski definition) is 1. The molecule has 1 atom stereocenters. The van der Waals surface area contributed by atoms with E-state index in [4.69, 9.17) is 11.2 Å². The average Bonchev–Trinajstić information content (AvgIpc) is 2.35. The highest BCUT2D eigenvalue weighted by atomic mass is 79.9. The Morgan fingerprint density at radius 3 is 2.82 bits per heavy atom. The number of amides is 1. The Morgan fingerprint density at radius 1 is 1.65 bits per heavy atom. The summed E-state index contributed by atoms with van der Waals surface area (Å²) in [4.78, 5) is 11.9. The van der Waals surface area contributed by atoms with E-state index < -0.39 is 0 Å². The molecule has 90 valence electrons. The molecule has 3 nitrogen and oxygen atoms in total. The molecule has 1 N–H and O–H groups in total. The smallest absolute Gasteiger partial charge is 0.252 e. The first kappa shape index (κ1) is 13.6. The minimum atomic E-state index is -0.233. The molecule has 0 bridgehead atoms. The molecule has 0 aliphatic rings. The second-order valence-corrected chi connectivity index (χ2v) is 4.30. The van der Waals surface area contributed by atoms with Crippen LogP contribution in [0.2, 0.25) is 0 Å². The number of halogens is 1. The summed E-state index contributed by atoms with van der Waals surface area (Å²) in [5, 5.41) is 2.76. The fourth-order valence-electron chi connectivity index (χ4n) is 1.31. The molecule has 0 spiro atoms. The molecule has 4 heteroatoms. The summed E-state index contributed by atoms with van der Waals surface area (Å²) in [5.41, 5.74) is 0.548. The van der Waals surface area contributed by atoms with Crippen LogP contribution in [0.15, 0.2) is 22.7 Å². The molecule has 0 radical (unpaired) electrons. The largest absolute Gasteiger partial charge is 0.496 e. The third-order valence-corrected chi connectivity index (χ3v) is 2.95. The lowest BCUT2D eigenvalue weighted by Gasteiger charge is -2.11. The number of benzene rings is 1. The van der Waals surface area contributed by atoms with Gasteiger partial charge in [-0.3, -0.25) is 4.79 Å². The second-order valence-electron chi connectivity index (χ2n) is 3.45. The Kier molecular flexibility index (Phi) is 5.05. The van der Waals surface area contributed by atoms with Crippen LogP contribution in [0.1, 0.15) is 23.7 Å². The van der Waals surface area contributed by atoms with Crippen LogP contribution in [0.25, 0.3) is 0 Å². The summed E-state index contributed by atoms with van der Waals surface area (Å²) >= 11 is 3.33. The Bertz CT molecular complexity index is 451. The van der Waals surface area contributed by atoms with Crippen molar-refractivity contribution >= 4 is 21.8 Å². The highest BCUT2D eigenvalue weighted by Crippen LogP contribution is 2.25. The Hall–Kier alpha value is -1.47. The molecule has 1 rings (SSSR count). The highest BCUT2D eigenvalue weighted by molar-refractivity contribution is 9.10. The van der Waals surface area contributed by atoms with Gasteiger partial charge in [0.1, 0.15) is 5.75 Å². The molecule has 0 aromatic heterocycles. The van der Waals surface area contributed by atoms with E-state index in [0.717, 1.165) is 4.47 Å². The van der Waals surface area contributed by atoms with Crippen LogP contribution in [-0.4, -0.2) is 19.1 Å². The summed E-state index contributed by atoms with van der Waals surface area (Å²) in [6.07, 6.45) is 6.00. The van der Waals surface area contributed by atoms with Crippen molar-refractivity contribution in [1.82, 2.24) is 5.32 Å². The van der Waals surface area contributed by atoms with Gasteiger partial charge in [-0.2, -0.15) is 0 Å². The number of methoxy groups -OCH3 is 1. The van der Waals surface area contributed by atoms with Crippen molar-refractivity contribution in [2.45, 2.75) is 19.4 Å². The summed E-state index contributed by atoms with van der Waals surface area (Å²) in [5.74, 6) is 3.02. The lowest BCUT2D eigenvalue weighted by Crippen LogP contribution is -2.33. The van der Waals surface area contributed by atoms with Gasteiger partial charge in [0.05, 0.1) is 17.6 Å². The number of hydrogen-bond acceptors (Lipinski definition) is 2. The summed E-state index contributed by atoms with van der Waals surface area (Å²) in [7, 11) is 1.57. The van der Waals surface area contributed by atoms with Crippen molar-refractivity contribution in [3.63, 3.8) is 0 Å². The predicted molar refractivity (Wildman–Crippen MR) is 71.1 cm³/mol. The van der Waals surface area contributed by atoms with Gasteiger partial charge in [0, 0.05) is 5.56 Å². The summed E-state index contributed by atoms with van der Waals surface area (Å²) < 4.78 is 5.83. The van der Waals surface area contributed by atoms with E-state index in [1.165, 1.54) is 0 Å². The van der Waals surface area contributed by atoms with E-state index in [9.17, 15) is 4.79 Å². The number of carbonyl (C=O) groups excluding carboxylic acids is 1. The van der Waals surface area contributed by atoms with Gasteiger partial charge >= 0.3 is 0 Å². The zero-order valence-electron chi connectivity index (χ0n) is 9.79. The maximum Gasteiger partial charge on any atom is 0.252 e. The fraction of sp³-hybridized carbons (Fsp3) is 0.308. The number of nitrogens with one attached hydrogen (secondary N) is 1. The number of carbonyl (C=O) groups is 1. The zero-order valence-corrected chi connectivity index (χ0v) is 11.4. The third-order valence-electron chi connectivity index (χ3n) is 2.33. The number of terminal acetylenes is 1. The first-order valence-corrected chi connectivity index (χ1v) is 6.02. The molecule has 0 fully saturated rings. The molecule has 0 aliphatic carbocycles. The fourth-order valence-corrected chi connectivity index (χ4v) is 1.85. The quantitative estimate of drug-likeness (QED) is 0.867. The van der Waals surface area contributed by atoms with Crippen LogP contribution in [-0.2, 0) is 0 Å². The van der Waals surface area contributed by atoms with Crippen LogP contribution >= 0.6 is 15.9 Å². The molecule has 0 saturated carbocycles. The van der Waals surface area contributed by atoms with Gasteiger partial charge < -0.3 is 10.1 Å². The van der Waals surface area contributed by atoms with Gasteiger partial charge in [-0.15, -0.1) is 6.42 Å². The maximum atomic E-state index is 11.9. The maximum absolute atomic E-state index is 11.9. The topological polar surface area (TPSA) is 38.3 Å². The molecule has 0 heterocycles. The predicted octanol–water partition coefficient (Wildman–Crippen LogP) is 2.60. The number of rotatable bonds is 4. The summed E-state index contributed by atoms with van der Waals surface area (Å²) in [6.45, 7) is 1.93. The van der Waals surface area contributed by atoms with Crippen molar-refractivity contribution in [3.05, 3.63) is 28.2 Å². The van der Waals surface area contributed by atoms with Crippen molar-refractivity contribution in [1.29, 1.82) is 0 Å². The van der Waals surface area contributed by atoms with E-state index in [1.807, 2.05) is 6.92 Å². The van der Waals surface area contributed by atoms with Gasteiger partial charge in [0.2, 0.25) is 0 Å². The minimum absolute atomic E-state index is 0.182. The lowest BCUT2D eigenvalue weighted by molar-refractivity contribution is 0.0945. The Balaban J connectivity index is 2.83. The van der Waals surface area contributed by atoms with Gasteiger partial charge in [0.15, 0.2) is 0 Å². The van der Waals surface area contributed by atoms with Gasteiger partial charge in [0.25, 0.3) is 5.91 Å². The van der Waals surface area contributed by atoms with E-state index in [2.05, 4.69) is 27.2 Å². The van der Waals surface area contributed by atoms with Crippen LogP contribution in [0, 0.1) is 12.3 Å². The molecule has 0 aliphatic heterocycles. The van der Waals surface area contributed by atoms with Crippen LogP contribution in [0.3, 0.4) is 0 Å². The standard InChI is InChI=1S/C13H14BrNO2/c1-4-10(5-2)15-13(16)9-6-7-12(17-3)11(14)8-9/h1,6-8,10H,5H2,2-3H3,(H,15,16). The number of ether oxygens (including phenoxy) is 1. The monoisotopic (exact) mass is 295 g/mol. The van der Waals surface area contributed by atoms with E-state index >= 15 is 0 Å². The second kappa shape index (κ2) is 6.31. The minimum Gasteiger partial charge on any atom is -0.496 e. The van der Waals surface area contributed by atoms with E-state index in [0.29, 0.717) is 17.7 Å². The Labute approximate surface area is 110 Å². The zero-order chi connectivity index (χ0) is 12.8. The van der Waals surface area contributed by atoms with Crippen LogP contribution in [0.5, 0.6) is 5.75 Å². The van der Waals surface area contributed by atoms with Gasteiger partial charge in [-0.25, -0.2) is 0 Å². The first-order chi connectivity index (χ1) is 8.12. The normalized spacial score (nSPS) is 11.4. The molecule has 0 saturated heterocycles. The molecule has 1 aromatic carbocycles. The molecule has 17 heavy (non-hydrogen) atoms. The van der Waals surface area contributed by atoms with Gasteiger partial charge in [-0.1, -0.05) is 12.8 Å². The lowest BCUT2D eigenvalue weighted by atomic mass is 10.1. The first-order valence-electron chi connectivity index (χ1n) is 5.22. The highest BCUT2D eigenvalue weighted by Gasteiger charge is 2.11. The molecule has 1 unspecified atom stereocenters. The van der Waals surface area contributed by atoms with Gasteiger partial charge in [-0.05, 0) is 40.5 Å². The van der Waals surface area contributed by atoms with Crippen molar-refractivity contribution < 1.29 is 9.53 Å². The van der Waals surface area contributed by atoms with Crippen molar-refractivity contribution in [3.8, 4) is 18.1 Å². The third kappa shape index (κ3) is 3.50. The van der Waals surface area contributed by atoms with Crippen molar-refractivity contribution in [2.24, 2.45) is 0 Å². The SMILES string of the molecule is C#CC(CC)NC(=O)c1ccc(OC)c(Br)c1. The van der Waals surface area contributed by atoms with E-state index in [-0.39, 0.29) is 11.9 Å². The van der Waals surface area contributed by atoms with Crippen LogP contribution in [0.4, 0.5) is 0 Å². The molecular formula is C13H14BrNO2. The van der Waals surface area contributed by atoms with E-state index in [1.54, 1.807) is 25.3 Å². The molecule has 1 amide bonds. The molecular weight excluding hydrogens is 282 g/mol. The summed E-state index contributed by atoms with van der Waals surface area (Å²) in [6, 6.07) is 4.90. The Morgan fingerprint density at radius 2 is 2.35 bits per heavy atom.